The molecule has 0 aromatic carbocycles. The van der Waals surface area contributed by atoms with Gasteiger partial charge in [-0.25, -0.2) is 0 Å². The van der Waals surface area contributed by atoms with Gasteiger partial charge in [0.15, 0.2) is 11.6 Å². The number of aliphatic hydroxyl groups excluding tert-OH is 2. The summed E-state index contributed by atoms with van der Waals surface area (Å²) in [7, 11) is 0. The molecular weight excluding hydrogens is 276 g/mol. The molecule has 0 unspecified atom stereocenters. The number of epoxide rings is 1. The van der Waals surface area contributed by atoms with E-state index in [1.807, 2.05) is 6.92 Å². The molecule has 0 aromatic rings. The molecule has 2 aliphatic carbocycles. The van der Waals surface area contributed by atoms with Gasteiger partial charge in [-0.3, -0.25) is 9.59 Å². The van der Waals surface area contributed by atoms with E-state index in [1.54, 1.807) is 13.0 Å². The SMILES string of the molecule is CC1=C[C@H]2O[C@@H]3C(=O)C[C@](C)([C@@]2(CO)[C@H](O)C1=O)[C@]31CO1. The molecule has 2 N–H and O–H groups in total. The first-order valence-electron chi connectivity index (χ1n) is 7.18. The molecule has 2 bridgehead atoms. The van der Waals surface area contributed by atoms with Crippen LogP contribution in [-0.4, -0.2) is 58.9 Å². The minimum Gasteiger partial charge on any atom is -0.396 e. The number of fused-ring (bicyclic) bond motifs is 2. The minimum atomic E-state index is -1.39. The van der Waals surface area contributed by atoms with Crippen LogP contribution in [0.4, 0.5) is 0 Å². The zero-order valence-electron chi connectivity index (χ0n) is 12.0. The standard InChI is InChI=1S/C15H18O6/c1-7-3-9-14(5-16,11(19)10(7)18)13(2)4-8(17)12(21-9)15(13)6-20-15/h3,9,11-12,16,19H,4-6H2,1-2H3/t9-,11-,12-,13-,14-,15+/m1/s1. The molecule has 114 valence electrons. The molecule has 6 heteroatoms. The van der Waals surface area contributed by atoms with Crippen molar-refractivity contribution in [3.8, 4) is 0 Å². The maximum atomic E-state index is 12.3. The van der Waals surface area contributed by atoms with E-state index in [0.29, 0.717) is 12.2 Å². The van der Waals surface area contributed by atoms with Crippen molar-refractivity contribution in [2.24, 2.45) is 10.8 Å². The Balaban J connectivity index is 1.97. The first-order chi connectivity index (χ1) is 9.84. The third kappa shape index (κ3) is 1.17. The molecule has 1 saturated carbocycles. The zero-order chi connectivity index (χ0) is 15.2. The molecule has 3 fully saturated rings. The third-order valence-electron chi connectivity index (χ3n) is 6.24. The highest BCUT2D eigenvalue weighted by molar-refractivity contribution is 6.01. The predicted molar refractivity (Wildman–Crippen MR) is 69.4 cm³/mol. The third-order valence-corrected chi connectivity index (χ3v) is 6.24. The van der Waals surface area contributed by atoms with E-state index in [-0.39, 0.29) is 12.2 Å². The Hall–Kier alpha value is -1.08. The number of ether oxygens (including phenoxy) is 2. The van der Waals surface area contributed by atoms with Gasteiger partial charge in [-0.05, 0) is 18.6 Å². The van der Waals surface area contributed by atoms with Crippen LogP contribution in [0.5, 0.6) is 0 Å². The summed E-state index contributed by atoms with van der Waals surface area (Å²) in [4.78, 5) is 24.6. The predicted octanol–water partition coefficient (Wildman–Crippen LogP) is -0.630. The van der Waals surface area contributed by atoms with Crippen molar-refractivity contribution in [1.29, 1.82) is 0 Å². The Morgan fingerprint density at radius 2 is 2.10 bits per heavy atom. The van der Waals surface area contributed by atoms with E-state index in [1.165, 1.54) is 0 Å². The van der Waals surface area contributed by atoms with Crippen LogP contribution < -0.4 is 0 Å². The first-order valence-corrected chi connectivity index (χ1v) is 7.18. The lowest BCUT2D eigenvalue weighted by molar-refractivity contribution is -0.240. The Bertz CT molecular complexity index is 591. The van der Waals surface area contributed by atoms with Crippen LogP contribution in [0.3, 0.4) is 0 Å². The summed E-state index contributed by atoms with van der Waals surface area (Å²) in [5.74, 6) is -0.498. The van der Waals surface area contributed by atoms with Gasteiger partial charge in [0.2, 0.25) is 0 Å². The second-order valence-corrected chi connectivity index (χ2v) is 6.91. The van der Waals surface area contributed by atoms with E-state index in [9.17, 15) is 19.8 Å². The molecule has 1 spiro atoms. The lowest BCUT2D eigenvalue weighted by atomic mass is 9.50. The molecule has 0 amide bonds. The fourth-order valence-electron chi connectivity index (χ4n) is 4.77. The quantitative estimate of drug-likeness (QED) is 0.625. The number of hydrogen-bond acceptors (Lipinski definition) is 6. The van der Waals surface area contributed by atoms with Gasteiger partial charge >= 0.3 is 0 Å². The monoisotopic (exact) mass is 294 g/mol. The second kappa shape index (κ2) is 3.63. The first kappa shape index (κ1) is 13.6. The lowest BCUT2D eigenvalue weighted by Gasteiger charge is -2.57. The average molecular weight is 294 g/mol. The van der Waals surface area contributed by atoms with E-state index >= 15 is 0 Å². The number of Topliss-reactive ketones (excluding diaryl/α,β-unsaturated/α-hetero) is 2. The molecule has 4 aliphatic rings. The van der Waals surface area contributed by atoms with Gasteiger partial charge in [-0.1, -0.05) is 6.92 Å². The average Bonchev–Trinajstić information content (AvgIpc) is 3.20. The number of ketones is 2. The van der Waals surface area contributed by atoms with Crippen molar-refractivity contribution in [2.45, 2.75) is 44.2 Å². The van der Waals surface area contributed by atoms with Crippen LogP contribution in [0.1, 0.15) is 20.3 Å². The summed E-state index contributed by atoms with van der Waals surface area (Å²) in [6, 6.07) is 0. The highest BCUT2D eigenvalue weighted by Gasteiger charge is 2.83. The fourth-order valence-corrected chi connectivity index (χ4v) is 4.77. The van der Waals surface area contributed by atoms with Crippen LogP contribution in [0.15, 0.2) is 11.6 Å². The van der Waals surface area contributed by atoms with Gasteiger partial charge in [0.05, 0.1) is 24.7 Å². The van der Waals surface area contributed by atoms with E-state index in [2.05, 4.69) is 0 Å². The van der Waals surface area contributed by atoms with Crippen LogP contribution in [0.25, 0.3) is 0 Å². The molecule has 0 aromatic heterocycles. The van der Waals surface area contributed by atoms with Crippen molar-refractivity contribution in [3.63, 3.8) is 0 Å². The molecule has 0 radical (unpaired) electrons. The fraction of sp³-hybridized carbons (Fsp3) is 0.733. The number of rotatable bonds is 1. The van der Waals surface area contributed by atoms with Crippen molar-refractivity contribution in [1.82, 2.24) is 0 Å². The van der Waals surface area contributed by atoms with E-state index in [0.717, 1.165) is 0 Å². The van der Waals surface area contributed by atoms with Gasteiger partial charge in [-0.2, -0.15) is 0 Å². The van der Waals surface area contributed by atoms with Crippen LogP contribution >= 0.6 is 0 Å². The second-order valence-electron chi connectivity index (χ2n) is 6.91. The summed E-state index contributed by atoms with van der Waals surface area (Å²) >= 11 is 0. The van der Waals surface area contributed by atoms with Gasteiger partial charge in [0.25, 0.3) is 0 Å². The zero-order valence-corrected chi connectivity index (χ0v) is 12.0. The minimum absolute atomic E-state index is 0.0806. The van der Waals surface area contributed by atoms with Crippen LogP contribution in [0, 0.1) is 10.8 Å². The van der Waals surface area contributed by atoms with Gasteiger partial charge < -0.3 is 19.7 Å². The molecule has 21 heavy (non-hydrogen) atoms. The van der Waals surface area contributed by atoms with Gasteiger partial charge in [-0.15, -0.1) is 0 Å². The number of aliphatic hydroxyl groups is 2. The maximum absolute atomic E-state index is 12.3. The van der Waals surface area contributed by atoms with Crippen LogP contribution in [-0.2, 0) is 19.1 Å². The van der Waals surface area contributed by atoms with Crippen molar-refractivity contribution in [2.75, 3.05) is 13.2 Å². The highest BCUT2D eigenvalue weighted by atomic mass is 16.6. The van der Waals surface area contributed by atoms with Gasteiger partial charge in [0, 0.05) is 11.8 Å². The molecule has 6 nitrogen and oxygen atoms in total. The lowest BCUT2D eigenvalue weighted by Crippen LogP contribution is -2.70. The Kier molecular flexibility index (Phi) is 2.35. The maximum Gasteiger partial charge on any atom is 0.187 e. The number of carbonyl (C=O) groups excluding carboxylic acids is 2. The largest absolute Gasteiger partial charge is 0.396 e. The molecule has 2 saturated heterocycles. The molecule has 4 rings (SSSR count). The summed E-state index contributed by atoms with van der Waals surface area (Å²) in [6.45, 7) is 3.36. The summed E-state index contributed by atoms with van der Waals surface area (Å²) < 4.78 is 11.5. The molecule has 2 heterocycles. The smallest absolute Gasteiger partial charge is 0.187 e. The summed E-state index contributed by atoms with van der Waals surface area (Å²) in [5, 5.41) is 20.7. The number of hydrogen-bond donors (Lipinski definition) is 2. The Morgan fingerprint density at radius 1 is 1.43 bits per heavy atom. The highest BCUT2D eigenvalue weighted by Crippen LogP contribution is 2.69. The molecule has 2 aliphatic heterocycles. The number of carbonyl (C=O) groups is 2. The Labute approximate surface area is 121 Å². The normalized spacial score (nSPS) is 54.7. The topological polar surface area (TPSA) is 96.4 Å². The van der Waals surface area contributed by atoms with E-state index < -0.39 is 47.1 Å². The van der Waals surface area contributed by atoms with Crippen molar-refractivity contribution in [3.05, 3.63) is 11.6 Å². The molecular formula is C15H18O6. The van der Waals surface area contributed by atoms with Crippen LogP contribution in [0.2, 0.25) is 0 Å². The summed E-state index contributed by atoms with van der Waals surface area (Å²) in [5.41, 5.74) is -2.45. The Morgan fingerprint density at radius 3 is 2.67 bits per heavy atom. The molecule has 6 atom stereocenters. The van der Waals surface area contributed by atoms with Crippen molar-refractivity contribution >= 4 is 11.6 Å². The van der Waals surface area contributed by atoms with E-state index in [4.69, 9.17) is 9.47 Å². The van der Waals surface area contributed by atoms with Crippen molar-refractivity contribution < 1.29 is 29.3 Å². The van der Waals surface area contributed by atoms with Gasteiger partial charge in [0.1, 0.15) is 17.8 Å². The summed E-state index contributed by atoms with van der Waals surface area (Å²) in [6.07, 6.45) is -0.949.